The van der Waals surface area contributed by atoms with Crippen molar-refractivity contribution < 1.29 is 9.47 Å². The van der Waals surface area contributed by atoms with Crippen molar-refractivity contribution in [3.05, 3.63) is 47.7 Å². The Labute approximate surface area is 121 Å². The van der Waals surface area contributed by atoms with Crippen LogP contribution < -0.4 is 16.2 Å². The van der Waals surface area contributed by atoms with Crippen LogP contribution in [0.2, 0.25) is 0 Å². The predicted molar refractivity (Wildman–Crippen MR) is 80.2 cm³/mol. The molecule has 0 aliphatic carbocycles. The van der Waals surface area contributed by atoms with Gasteiger partial charge in [0.15, 0.2) is 0 Å². The van der Waals surface area contributed by atoms with Crippen LogP contribution >= 0.6 is 0 Å². The zero-order valence-electron chi connectivity index (χ0n) is 11.2. The number of nitrogens with zero attached hydrogens (tertiary/aromatic N) is 2. The van der Waals surface area contributed by atoms with Crippen LogP contribution in [-0.2, 0) is 10.3 Å². The lowest BCUT2D eigenvalue weighted by Gasteiger charge is -2.41. The van der Waals surface area contributed by atoms with E-state index in [1.807, 2.05) is 30.4 Å². The highest BCUT2D eigenvalue weighted by Gasteiger charge is 2.46. The van der Waals surface area contributed by atoms with Crippen LogP contribution in [0.5, 0.6) is 5.75 Å². The van der Waals surface area contributed by atoms with Gasteiger partial charge in [-0.2, -0.15) is 0 Å². The van der Waals surface area contributed by atoms with Gasteiger partial charge in [-0.3, -0.25) is 4.99 Å². The minimum absolute atomic E-state index is 0.120. The van der Waals surface area contributed by atoms with Gasteiger partial charge in [-0.1, -0.05) is 0 Å². The first-order chi connectivity index (χ1) is 10.2. The molecule has 2 atom stereocenters. The maximum atomic E-state index is 6.03. The minimum Gasteiger partial charge on any atom is -0.484 e. The summed E-state index contributed by atoms with van der Waals surface area (Å²) in [5.41, 5.74) is 13.5. The number of rotatable bonds is 0. The van der Waals surface area contributed by atoms with E-state index in [2.05, 4.69) is 9.98 Å². The van der Waals surface area contributed by atoms with Gasteiger partial charge in [0, 0.05) is 23.0 Å². The molecule has 6 heteroatoms. The fourth-order valence-electron chi connectivity index (χ4n) is 2.98. The van der Waals surface area contributed by atoms with E-state index in [4.69, 9.17) is 20.9 Å². The van der Waals surface area contributed by atoms with Crippen LogP contribution in [0.3, 0.4) is 0 Å². The lowest BCUT2D eigenvalue weighted by atomic mass is 9.76. The maximum Gasteiger partial charge on any atom is 0.288 e. The number of anilines is 1. The fraction of sp³-hybridized carbons (Fsp3) is 0.200. The van der Waals surface area contributed by atoms with Crippen LogP contribution in [0, 0.1) is 0 Å². The molecule has 1 aromatic carbocycles. The second-order valence-corrected chi connectivity index (χ2v) is 5.14. The predicted octanol–water partition coefficient (Wildman–Crippen LogP) is 1.09. The van der Waals surface area contributed by atoms with E-state index < -0.39 is 5.54 Å². The molecule has 1 aromatic rings. The molecule has 0 saturated heterocycles. The summed E-state index contributed by atoms with van der Waals surface area (Å²) in [6.07, 6.45) is 6.97. The standard InChI is InChI=1S/C15H14N4O2/c16-9-1-2-12-11(7-9)15(4-6-20-14(17)19-15)10-3-5-18-8-13(10)21-12/h1-7,13H,8,16H2,(H2,17,19). The van der Waals surface area contributed by atoms with Crippen LogP contribution in [0.1, 0.15) is 5.56 Å². The summed E-state index contributed by atoms with van der Waals surface area (Å²) in [7, 11) is 0. The van der Waals surface area contributed by atoms with Gasteiger partial charge >= 0.3 is 0 Å². The second-order valence-electron chi connectivity index (χ2n) is 5.14. The summed E-state index contributed by atoms with van der Waals surface area (Å²) < 4.78 is 11.2. The monoisotopic (exact) mass is 282 g/mol. The Morgan fingerprint density at radius 1 is 1.29 bits per heavy atom. The molecule has 0 amide bonds. The first kappa shape index (κ1) is 12.0. The number of fused-ring (bicyclic) bond motifs is 4. The quantitative estimate of drug-likeness (QED) is 0.696. The molecule has 6 nitrogen and oxygen atoms in total. The van der Waals surface area contributed by atoms with Crippen LogP contribution in [0.25, 0.3) is 0 Å². The molecule has 0 fully saturated rings. The zero-order valence-corrected chi connectivity index (χ0v) is 11.2. The number of ether oxygens (including phenoxy) is 2. The van der Waals surface area contributed by atoms with Crippen molar-refractivity contribution in [3.63, 3.8) is 0 Å². The molecule has 21 heavy (non-hydrogen) atoms. The molecule has 0 radical (unpaired) electrons. The number of hydrogen-bond donors (Lipinski definition) is 2. The third-order valence-corrected chi connectivity index (χ3v) is 3.89. The van der Waals surface area contributed by atoms with E-state index >= 15 is 0 Å². The van der Waals surface area contributed by atoms with Crippen molar-refractivity contribution in [3.8, 4) is 5.75 Å². The zero-order chi connectivity index (χ0) is 14.4. The number of dihydropyridines is 1. The number of aliphatic imine (C=N–C) groups is 2. The van der Waals surface area contributed by atoms with Crippen LogP contribution in [-0.4, -0.2) is 24.9 Å². The number of benzene rings is 1. The average molecular weight is 282 g/mol. The topological polar surface area (TPSA) is 95.2 Å². The van der Waals surface area contributed by atoms with Gasteiger partial charge in [0.05, 0.1) is 12.8 Å². The van der Waals surface area contributed by atoms with Crippen molar-refractivity contribution in [1.29, 1.82) is 0 Å². The summed E-state index contributed by atoms with van der Waals surface area (Å²) in [5, 5.41) is 0. The van der Waals surface area contributed by atoms with E-state index in [9.17, 15) is 0 Å². The molecule has 1 spiro atoms. The lowest BCUT2D eigenvalue weighted by Crippen LogP contribution is -2.44. The van der Waals surface area contributed by atoms with E-state index in [0.29, 0.717) is 12.2 Å². The molecule has 0 bridgehead atoms. The molecular weight excluding hydrogens is 268 g/mol. The first-order valence-electron chi connectivity index (χ1n) is 6.66. The van der Waals surface area contributed by atoms with Gasteiger partial charge in [0.25, 0.3) is 6.02 Å². The molecular formula is C15H14N4O2. The lowest BCUT2D eigenvalue weighted by molar-refractivity contribution is 0.202. The Morgan fingerprint density at radius 3 is 3.05 bits per heavy atom. The Kier molecular flexibility index (Phi) is 2.35. The number of amidine groups is 1. The van der Waals surface area contributed by atoms with Gasteiger partial charge in [-0.05, 0) is 30.4 Å². The van der Waals surface area contributed by atoms with Crippen LogP contribution in [0.15, 0.2) is 52.2 Å². The molecule has 4 rings (SSSR count). The number of hydrogen-bond acceptors (Lipinski definition) is 6. The van der Waals surface area contributed by atoms with Gasteiger partial charge in [0.1, 0.15) is 17.4 Å². The van der Waals surface area contributed by atoms with Gasteiger partial charge in [-0.15, -0.1) is 0 Å². The molecule has 3 aliphatic heterocycles. The Balaban J connectivity index is 2.02. The summed E-state index contributed by atoms with van der Waals surface area (Å²) in [4.78, 5) is 8.82. The third kappa shape index (κ3) is 1.65. The molecule has 0 aromatic heterocycles. The van der Waals surface area contributed by atoms with Crippen molar-refractivity contribution in [1.82, 2.24) is 0 Å². The first-order valence-corrected chi connectivity index (χ1v) is 6.66. The summed E-state index contributed by atoms with van der Waals surface area (Å²) in [6, 6.07) is 5.65. The molecule has 3 heterocycles. The van der Waals surface area contributed by atoms with Crippen molar-refractivity contribution in [2.24, 2.45) is 15.7 Å². The van der Waals surface area contributed by atoms with Gasteiger partial charge in [-0.25, -0.2) is 4.99 Å². The second kappa shape index (κ2) is 4.12. The van der Waals surface area contributed by atoms with Crippen molar-refractivity contribution in [2.45, 2.75) is 11.6 Å². The highest BCUT2D eigenvalue weighted by molar-refractivity contribution is 5.80. The molecule has 106 valence electrons. The summed E-state index contributed by atoms with van der Waals surface area (Å²) in [6.45, 7) is 0.557. The number of allylic oxidation sites excluding steroid dienone is 1. The van der Waals surface area contributed by atoms with E-state index in [1.54, 1.807) is 12.5 Å². The average Bonchev–Trinajstić information content (AvgIpc) is 2.49. The summed E-state index contributed by atoms with van der Waals surface area (Å²) >= 11 is 0. The largest absolute Gasteiger partial charge is 0.484 e. The van der Waals surface area contributed by atoms with Crippen molar-refractivity contribution >= 4 is 17.9 Å². The molecule has 3 aliphatic rings. The van der Waals surface area contributed by atoms with E-state index in [1.165, 1.54) is 0 Å². The Bertz CT molecular complexity index is 735. The van der Waals surface area contributed by atoms with Gasteiger partial charge < -0.3 is 20.9 Å². The molecule has 0 saturated carbocycles. The highest BCUT2D eigenvalue weighted by Crippen LogP contribution is 2.48. The van der Waals surface area contributed by atoms with E-state index in [-0.39, 0.29) is 12.1 Å². The van der Waals surface area contributed by atoms with Crippen LogP contribution in [0.4, 0.5) is 5.69 Å². The number of nitrogens with two attached hydrogens (primary N) is 2. The SMILES string of the molecule is NC1=NC2(C=CO1)C1=CC=NCC1Oc1ccc(N)cc12. The van der Waals surface area contributed by atoms with Gasteiger partial charge in [0.2, 0.25) is 0 Å². The molecule has 2 unspecified atom stereocenters. The maximum absolute atomic E-state index is 6.03. The highest BCUT2D eigenvalue weighted by atomic mass is 16.5. The van der Waals surface area contributed by atoms with E-state index in [0.717, 1.165) is 16.9 Å². The third-order valence-electron chi connectivity index (χ3n) is 3.89. The number of nitrogen functional groups attached to an aromatic ring is 1. The smallest absolute Gasteiger partial charge is 0.288 e. The Morgan fingerprint density at radius 2 is 2.19 bits per heavy atom. The molecule has 4 N–H and O–H groups in total. The fourth-order valence-corrected chi connectivity index (χ4v) is 2.98. The normalized spacial score (nSPS) is 28.9. The Hall–Kier alpha value is -2.76. The minimum atomic E-state index is -0.734. The summed E-state index contributed by atoms with van der Waals surface area (Å²) in [5.74, 6) is 0.742. The van der Waals surface area contributed by atoms with Crippen molar-refractivity contribution in [2.75, 3.05) is 12.3 Å².